The molecule has 1 aromatic rings. The molecule has 1 unspecified atom stereocenters. The number of rotatable bonds is 4. The summed E-state index contributed by atoms with van der Waals surface area (Å²) < 4.78 is 5.18. The third kappa shape index (κ3) is 4.37. The van der Waals surface area contributed by atoms with E-state index in [-0.39, 0.29) is 11.8 Å². The normalized spacial score (nSPS) is 12.1. The van der Waals surface area contributed by atoms with Gasteiger partial charge in [0.1, 0.15) is 11.8 Å². The topological polar surface area (TPSA) is 55.4 Å². The molecular formula is C13H16ClNO3. The molecule has 0 aromatic heterocycles. The Kier molecular flexibility index (Phi) is 5.16. The van der Waals surface area contributed by atoms with Crippen molar-refractivity contribution in [3.63, 3.8) is 0 Å². The van der Waals surface area contributed by atoms with Gasteiger partial charge in [-0.25, -0.2) is 4.79 Å². The molecule has 0 fully saturated rings. The Balaban J connectivity index is 2.72. The fraction of sp³-hybridized carbons (Fsp3) is 0.385. The summed E-state index contributed by atoms with van der Waals surface area (Å²) in [7, 11) is 0. The SMILES string of the molecule is CC(=O)NC(C(=O)Oc1ccc(Cl)cc1)C(C)C. The van der Waals surface area contributed by atoms with Crippen LogP contribution in [0.5, 0.6) is 5.75 Å². The van der Waals surface area contributed by atoms with Crippen LogP contribution in [0.4, 0.5) is 0 Å². The lowest BCUT2D eigenvalue weighted by atomic mass is 10.0. The van der Waals surface area contributed by atoms with Crippen LogP contribution in [0.3, 0.4) is 0 Å². The number of nitrogens with one attached hydrogen (secondary N) is 1. The van der Waals surface area contributed by atoms with Crippen LogP contribution in [0.1, 0.15) is 20.8 Å². The van der Waals surface area contributed by atoms with E-state index in [1.165, 1.54) is 6.92 Å². The summed E-state index contributed by atoms with van der Waals surface area (Å²) in [5.74, 6) is -0.390. The minimum Gasteiger partial charge on any atom is -0.425 e. The van der Waals surface area contributed by atoms with Gasteiger partial charge in [0.2, 0.25) is 5.91 Å². The molecule has 18 heavy (non-hydrogen) atoms. The molecule has 0 saturated carbocycles. The van der Waals surface area contributed by atoms with Crippen LogP contribution >= 0.6 is 11.6 Å². The van der Waals surface area contributed by atoms with Gasteiger partial charge in [0, 0.05) is 11.9 Å². The van der Waals surface area contributed by atoms with E-state index >= 15 is 0 Å². The van der Waals surface area contributed by atoms with Crippen LogP contribution in [-0.4, -0.2) is 17.9 Å². The molecule has 0 bridgehead atoms. The van der Waals surface area contributed by atoms with Crippen molar-refractivity contribution in [2.45, 2.75) is 26.8 Å². The average Bonchev–Trinajstić information content (AvgIpc) is 2.28. The molecular weight excluding hydrogens is 254 g/mol. The molecule has 1 rings (SSSR count). The summed E-state index contributed by atoms with van der Waals surface area (Å²) in [4.78, 5) is 22.9. The van der Waals surface area contributed by atoms with Crippen LogP contribution in [0.15, 0.2) is 24.3 Å². The van der Waals surface area contributed by atoms with Gasteiger partial charge in [0.15, 0.2) is 0 Å². The predicted molar refractivity (Wildman–Crippen MR) is 69.5 cm³/mol. The Hall–Kier alpha value is -1.55. The van der Waals surface area contributed by atoms with Gasteiger partial charge in [0.05, 0.1) is 0 Å². The third-order valence-electron chi connectivity index (χ3n) is 2.31. The first kappa shape index (κ1) is 14.5. The number of esters is 1. The van der Waals surface area contributed by atoms with Crippen molar-refractivity contribution in [1.82, 2.24) is 5.32 Å². The van der Waals surface area contributed by atoms with E-state index in [9.17, 15) is 9.59 Å². The first-order valence-corrected chi connectivity index (χ1v) is 6.02. The molecule has 5 heteroatoms. The fourth-order valence-electron chi connectivity index (χ4n) is 1.40. The maximum Gasteiger partial charge on any atom is 0.334 e. The molecule has 98 valence electrons. The van der Waals surface area contributed by atoms with Crippen LogP contribution < -0.4 is 10.1 Å². The molecule has 4 nitrogen and oxygen atoms in total. The van der Waals surface area contributed by atoms with E-state index in [2.05, 4.69) is 5.32 Å². The molecule has 0 spiro atoms. The minimum atomic E-state index is -0.654. The minimum absolute atomic E-state index is 0.0475. The highest BCUT2D eigenvalue weighted by Crippen LogP contribution is 2.16. The second kappa shape index (κ2) is 6.40. The number of hydrogen-bond donors (Lipinski definition) is 1. The number of benzene rings is 1. The number of hydrogen-bond acceptors (Lipinski definition) is 3. The van der Waals surface area contributed by atoms with Crippen molar-refractivity contribution in [3.05, 3.63) is 29.3 Å². The number of ether oxygens (including phenoxy) is 1. The lowest BCUT2D eigenvalue weighted by Gasteiger charge is -2.19. The third-order valence-corrected chi connectivity index (χ3v) is 2.56. The van der Waals surface area contributed by atoms with Crippen molar-refractivity contribution < 1.29 is 14.3 Å². The summed E-state index contributed by atoms with van der Waals surface area (Å²) >= 11 is 5.73. The van der Waals surface area contributed by atoms with Crippen LogP contribution in [-0.2, 0) is 9.59 Å². The van der Waals surface area contributed by atoms with Gasteiger partial charge in [-0.05, 0) is 30.2 Å². The number of carbonyl (C=O) groups is 2. The predicted octanol–water partition coefficient (Wildman–Crippen LogP) is 2.41. The second-order valence-electron chi connectivity index (χ2n) is 4.30. The largest absolute Gasteiger partial charge is 0.425 e. The van der Waals surface area contributed by atoms with Crippen molar-refractivity contribution in [2.75, 3.05) is 0 Å². The molecule has 1 atom stereocenters. The molecule has 1 amide bonds. The van der Waals surface area contributed by atoms with Crippen LogP contribution in [0.2, 0.25) is 5.02 Å². The lowest BCUT2D eigenvalue weighted by molar-refractivity contribution is -0.140. The smallest absolute Gasteiger partial charge is 0.334 e. The van der Waals surface area contributed by atoms with Gasteiger partial charge in [-0.15, -0.1) is 0 Å². The molecule has 0 heterocycles. The average molecular weight is 270 g/mol. The van der Waals surface area contributed by atoms with Gasteiger partial charge >= 0.3 is 5.97 Å². The molecule has 0 aliphatic heterocycles. The Labute approximate surface area is 111 Å². The second-order valence-corrected chi connectivity index (χ2v) is 4.73. The number of halogens is 1. The first-order valence-electron chi connectivity index (χ1n) is 5.64. The van der Waals surface area contributed by atoms with Crippen LogP contribution in [0, 0.1) is 5.92 Å². The van der Waals surface area contributed by atoms with E-state index in [0.717, 1.165) is 0 Å². The van der Waals surface area contributed by atoms with Crippen molar-refractivity contribution in [3.8, 4) is 5.75 Å². The van der Waals surface area contributed by atoms with Crippen LogP contribution in [0.25, 0.3) is 0 Å². The standard InChI is InChI=1S/C13H16ClNO3/c1-8(2)12(15-9(3)16)13(17)18-11-6-4-10(14)5-7-11/h4-8,12H,1-3H3,(H,15,16). The molecule has 1 aromatic carbocycles. The zero-order valence-electron chi connectivity index (χ0n) is 10.6. The lowest BCUT2D eigenvalue weighted by Crippen LogP contribution is -2.45. The Bertz CT molecular complexity index is 428. The Morgan fingerprint density at radius 3 is 2.22 bits per heavy atom. The highest BCUT2D eigenvalue weighted by molar-refractivity contribution is 6.30. The Morgan fingerprint density at radius 2 is 1.78 bits per heavy atom. The van der Waals surface area contributed by atoms with E-state index in [1.54, 1.807) is 24.3 Å². The molecule has 0 aliphatic carbocycles. The summed E-state index contributed by atoms with van der Waals surface area (Å²) in [6.07, 6.45) is 0. The van der Waals surface area contributed by atoms with E-state index < -0.39 is 12.0 Å². The van der Waals surface area contributed by atoms with Crippen molar-refractivity contribution >= 4 is 23.5 Å². The fourth-order valence-corrected chi connectivity index (χ4v) is 1.53. The van der Waals surface area contributed by atoms with Gasteiger partial charge in [0.25, 0.3) is 0 Å². The highest BCUT2D eigenvalue weighted by Gasteiger charge is 2.24. The summed E-state index contributed by atoms with van der Waals surface area (Å²) in [6.45, 7) is 5.04. The monoisotopic (exact) mass is 269 g/mol. The van der Waals surface area contributed by atoms with Gasteiger partial charge in [-0.3, -0.25) is 4.79 Å². The maximum atomic E-state index is 11.9. The molecule has 0 aliphatic rings. The molecule has 0 radical (unpaired) electrons. The van der Waals surface area contributed by atoms with Gasteiger partial charge < -0.3 is 10.1 Å². The highest BCUT2D eigenvalue weighted by atomic mass is 35.5. The summed E-state index contributed by atoms with van der Waals surface area (Å²) in [5.41, 5.74) is 0. The van der Waals surface area contributed by atoms with Crippen molar-refractivity contribution in [2.24, 2.45) is 5.92 Å². The zero-order valence-corrected chi connectivity index (χ0v) is 11.3. The number of carbonyl (C=O) groups excluding carboxylic acids is 2. The Morgan fingerprint density at radius 1 is 1.22 bits per heavy atom. The van der Waals surface area contributed by atoms with Gasteiger partial charge in [-0.1, -0.05) is 25.4 Å². The first-order chi connectivity index (χ1) is 8.40. The van der Waals surface area contributed by atoms with Gasteiger partial charge in [-0.2, -0.15) is 0 Å². The summed E-state index contributed by atoms with van der Waals surface area (Å²) in [6, 6.07) is 5.81. The quantitative estimate of drug-likeness (QED) is 0.675. The van der Waals surface area contributed by atoms with E-state index in [4.69, 9.17) is 16.3 Å². The van der Waals surface area contributed by atoms with E-state index in [0.29, 0.717) is 10.8 Å². The van der Waals surface area contributed by atoms with E-state index in [1.807, 2.05) is 13.8 Å². The number of amides is 1. The zero-order chi connectivity index (χ0) is 13.7. The molecule has 1 N–H and O–H groups in total. The summed E-state index contributed by atoms with van der Waals surface area (Å²) in [5, 5.41) is 3.14. The maximum absolute atomic E-state index is 11.9. The molecule has 0 saturated heterocycles. The van der Waals surface area contributed by atoms with Crippen molar-refractivity contribution in [1.29, 1.82) is 0 Å².